The number of nitrogens with zero attached hydrogens (tertiary/aromatic N) is 4. The maximum Gasteiger partial charge on any atom is 0.274 e. The maximum absolute atomic E-state index is 13.6. The van der Waals surface area contributed by atoms with Crippen LogP contribution in [0.5, 0.6) is 5.75 Å². The van der Waals surface area contributed by atoms with Crippen molar-refractivity contribution in [2.24, 2.45) is 5.92 Å². The third-order valence-corrected chi connectivity index (χ3v) is 7.17. The van der Waals surface area contributed by atoms with Crippen LogP contribution in [0.4, 0.5) is 0 Å². The van der Waals surface area contributed by atoms with Gasteiger partial charge in [0.1, 0.15) is 11.6 Å². The zero-order chi connectivity index (χ0) is 24.8. The van der Waals surface area contributed by atoms with Crippen molar-refractivity contribution >= 4 is 11.5 Å². The Morgan fingerprint density at radius 1 is 1.21 bits per heavy atom. The van der Waals surface area contributed by atoms with E-state index in [1.54, 1.807) is 7.11 Å². The van der Waals surface area contributed by atoms with E-state index in [2.05, 4.69) is 69.3 Å². The van der Waals surface area contributed by atoms with Gasteiger partial charge in [-0.25, -0.2) is 4.98 Å². The first kappa shape index (κ1) is 24.5. The van der Waals surface area contributed by atoms with E-state index in [0.717, 1.165) is 61.7 Å². The molecule has 0 saturated carbocycles. The fraction of sp³-hybridized carbons (Fsp3) is 0.571. The van der Waals surface area contributed by atoms with Crippen LogP contribution in [0.2, 0.25) is 0 Å². The van der Waals surface area contributed by atoms with Gasteiger partial charge in [0.25, 0.3) is 5.91 Å². The lowest BCUT2D eigenvalue weighted by Crippen LogP contribution is -2.43. The van der Waals surface area contributed by atoms with Crippen LogP contribution in [-0.4, -0.2) is 65.1 Å². The smallest absolute Gasteiger partial charge is 0.274 e. The topological polar surface area (TPSA) is 50.6 Å². The first-order chi connectivity index (χ1) is 16.0. The minimum absolute atomic E-state index is 0.00427. The third kappa shape index (κ3) is 4.52. The molecule has 0 bridgehead atoms. The number of methoxy groups -OCH3 is 1. The van der Waals surface area contributed by atoms with E-state index in [1.165, 1.54) is 16.7 Å². The van der Waals surface area contributed by atoms with Gasteiger partial charge in [-0.15, -0.1) is 0 Å². The van der Waals surface area contributed by atoms with Gasteiger partial charge in [-0.05, 0) is 88.3 Å². The highest BCUT2D eigenvalue weighted by atomic mass is 16.5. The average molecular weight is 465 g/mol. The second-order valence-electron chi connectivity index (χ2n) is 11.2. The quantitative estimate of drug-likeness (QED) is 0.640. The summed E-state index contributed by atoms with van der Waals surface area (Å²) in [6, 6.07) is 4.48. The van der Waals surface area contributed by atoms with E-state index in [0.29, 0.717) is 11.6 Å². The van der Waals surface area contributed by atoms with Gasteiger partial charge in [0.05, 0.1) is 18.5 Å². The molecule has 2 aliphatic heterocycles. The zero-order valence-corrected chi connectivity index (χ0v) is 22.2. The van der Waals surface area contributed by atoms with E-state index in [-0.39, 0.29) is 11.4 Å². The predicted octanol–water partition coefficient (Wildman–Crippen LogP) is 4.77. The molecule has 0 unspecified atom stereocenters. The molecule has 34 heavy (non-hydrogen) atoms. The molecule has 2 aliphatic rings. The SMILES string of the molecule is COc1cc2c(cc1CC(C)C)-n1c(C3=CCN(C)CC3)nc(C(=O)N(C)C(C)(C)C)c1CC2. The van der Waals surface area contributed by atoms with Gasteiger partial charge in [-0.3, -0.25) is 9.36 Å². The monoisotopic (exact) mass is 464 g/mol. The van der Waals surface area contributed by atoms with Gasteiger partial charge in [-0.2, -0.15) is 0 Å². The average Bonchev–Trinajstić information content (AvgIpc) is 3.17. The van der Waals surface area contributed by atoms with E-state index in [9.17, 15) is 4.79 Å². The first-order valence-corrected chi connectivity index (χ1v) is 12.5. The van der Waals surface area contributed by atoms with Gasteiger partial charge < -0.3 is 14.5 Å². The lowest BCUT2D eigenvalue weighted by molar-refractivity contribution is 0.0649. The summed E-state index contributed by atoms with van der Waals surface area (Å²) in [6.45, 7) is 12.5. The molecule has 2 aromatic rings. The minimum atomic E-state index is -0.273. The molecular weight excluding hydrogens is 424 g/mol. The van der Waals surface area contributed by atoms with Crippen LogP contribution in [0.15, 0.2) is 18.2 Å². The second-order valence-corrected chi connectivity index (χ2v) is 11.2. The summed E-state index contributed by atoms with van der Waals surface area (Å²) >= 11 is 0. The molecule has 1 aromatic heterocycles. The standard InChI is InChI=1S/C28H40N4O2/c1-18(2)15-21-16-23-20(17-24(21)34-8)9-10-22-25(27(33)31(7)28(3,4)5)29-26(32(22)23)19-11-13-30(6)14-12-19/h11,16-18H,9-10,12-15H2,1-8H3. The van der Waals surface area contributed by atoms with Crippen molar-refractivity contribution in [3.8, 4) is 11.4 Å². The van der Waals surface area contributed by atoms with E-state index in [1.807, 2.05) is 11.9 Å². The highest BCUT2D eigenvalue weighted by Gasteiger charge is 2.33. The Labute approximate surface area is 204 Å². The summed E-state index contributed by atoms with van der Waals surface area (Å²) in [5, 5.41) is 0. The van der Waals surface area contributed by atoms with Gasteiger partial charge in [0.2, 0.25) is 0 Å². The van der Waals surface area contributed by atoms with Gasteiger partial charge in [0.15, 0.2) is 5.69 Å². The Morgan fingerprint density at radius 3 is 2.53 bits per heavy atom. The van der Waals surface area contributed by atoms with E-state index < -0.39 is 0 Å². The van der Waals surface area contributed by atoms with Crippen LogP contribution in [-0.2, 0) is 19.3 Å². The van der Waals surface area contributed by atoms with Gasteiger partial charge >= 0.3 is 0 Å². The number of imidazole rings is 1. The Balaban J connectivity index is 1.92. The Bertz CT molecular complexity index is 1120. The summed E-state index contributed by atoms with van der Waals surface area (Å²) in [5.74, 6) is 2.40. The number of carbonyl (C=O) groups is 1. The van der Waals surface area contributed by atoms with Crippen molar-refractivity contribution in [3.63, 3.8) is 0 Å². The summed E-state index contributed by atoms with van der Waals surface area (Å²) in [4.78, 5) is 22.8. The number of ether oxygens (including phenoxy) is 1. The molecule has 0 atom stereocenters. The molecule has 6 nitrogen and oxygen atoms in total. The number of likely N-dealkylation sites (N-methyl/N-ethyl adjacent to an activating group) is 1. The lowest BCUT2D eigenvalue weighted by atomic mass is 9.94. The molecule has 0 N–H and O–H groups in total. The summed E-state index contributed by atoms with van der Waals surface area (Å²) in [7, 11) is 5.77. The van der Waals surface area contributed by atoms with Crippen molar-refractivity contribution in [1.29, 1.82) is 0 Å². The van der Waals surface area contributed by atoms with Crippen molar-refractivity contribution in [1.82, 2.24) is 19.4 Å². The van der Waals surface area contributed by atoms with Crippen molar-refractivity contribution < 1.29 is 9.53 Å². The molecule has 3 heterocycles. The number of hydrogen-bond donors (Lipinski definition) is 0. The Hall–Kier alpha value is -2.60. The molecule has 1 aromatic carbocycles. The number of rotatable bonds is 5. The second kappa shape index (κ2) is 9.21. The molecule has 6 heteroatoms. The molecule has 1 amide bonds. The number of fused-ring (bicyclic) bond motifs is 3. The fourth-order valence-electron chi connectivity index (χ4n) is 4.87. The molecule has 4 rings (SSSR count). The molecule has 0 aliphatic carbocycles. The minimum Gasteiger partial charge on any atom is -0.496 e. The van der Waals surface area contributed by atoms with Crippen molar-refractivity contribution in [2.75, 3.05) is 34.3 Å². The Morgan fingerprint density at radius 2 is 1.94 bits per heavy atom. The highest BCUT2D eigenvalue weighted by molar-refractivity contribution is 5.95. The number of carbonyl (C=O) groups excluding carboxylic acids is 1. The molecule has 0 saturated heterocycles. The normalized spacial score (nSPS) is 16.2. The predicted molar refractivity (Wildman–Crippen MR) is 138 cm³/mol. The van der Waals surface area contributed by atoms with Crippen LogP contribution in [0.25, 0.3) is 11.3 Å². The van der Waals surface area contributed by atoms with E-state index in [4.69, 9.17) is 9.72 Å². The summed E-state index contributed by atoms with van der Waals surface area (Å²) in [6.07, 6.45) is 5.81. The van der Waals surface area contributed by atoms with Crippen LogP contribution in [0, 0.1) is 5.92 Å². The van der Waals surface area contributed by atoms with Crippen molar-refractivity contribution in [2.45, 2.75) is 65.8 Å². The lowest BCUT2D eigenvalue weighted by Gasteiger charge is -2.32. The van der Waals surface area contributed by atoms with E-state index >= 15 is 0 Å². The Kier molecular flexibility index (Phi) is 6.65. The van der Waals surface area contributed by atoms with Crippen LogP contribution in [0.1, 0.15) is 74.2 Å². The van der Waals surface area contributed by atoms with Gasteiger partial charge in [-0.1, -0.05) is 19.9 Å². The molecule has 184 valence electrons. The molecule has 0 radical (unpaired) electrons. The summed E-state index contributed by atoms with van der Waals surface area (Å²) < 4.78 is 8.05. The highest BCUT2D eigenvalue weighted by Crippen LogP contribution is 2.37. The largest absolute Gasteiger partial charge is 0.496 e. The number of amides is 1. The fourth-order valence-corrected chi connectivity index (χ4v) is 4.87. The number of hydrogen-bond acceptors (Lipinski definition) is 4. The summed E-state index contributed by atoms with van der Waals surface area (Å²) in [5.41, 5.74) is 6.20. The van der Waals surface area contributed by atoms with Crippen LogP contribution in [0.3, 0.4) is 0 Å². The van der Waals surface area contributed by atoms with Crippen LogP contribution >= 0.6 is 0 Å². The third-order valence-electron chi connectivity index (χ3n) is 7.17. The number of benzene rings is 1. The molecular formula is C28H40N4O2. The zero-order valence-electron chi connectivity index (χ0n) is 22.2. The number of aryl methyl sites for hydroxylation is 1. The van der Waals surface area contributed by atoms with Crippen molar-refractivity contribution in [3.05, 3.63) is 46.5 Å². The van der Waals surface area contributed by atoms with Crippen LogP contribution < -0.4 is 4.74 Å². The number of aromatic nitrogens is 2. The maximum atomic E-state index is 13.6. The first-order valence-electron chi connectivity index (χ1n) is 12.5. The molecule has 0 spiro atoms. The van der Waals surface area contributed by atoms with Gasteiger partial charge in [0, 0.05) is 25.7 Å². The molecule has 0 fully saturated rings.